The molecule has 5 nitrogen and oxygen atoms in total. The first kappa shape index (κ1) is 13.7. The zero-order valence-corrected chi connectivity index (χ0v) is 10.5. The van der Waals surface area contributed by atoms with Crippen molar-refractivity contribution in [3.05, 3.63) is 23.8 Å². The number of hydrogen-bond donors (Lipinski definition) is 2. The molecule has 0 aliphatic carbocycles. The second-order valence-electron chi connectivity index (χ2n) is 5.33. The number of aromatic nitrogens is 2. The molecule has 20 heavy (non-hydrogen) atoms. The highest BCUT2D eigenvalue weighted by Gasteiger charge is 2.43. The molecule has 1 aromatic rings. The zero-order valence-electron chi connectivity index (χ0n) is 10.5. The molecule has 2 fully saturated rings. The van der Waals surface area contributed by atoms with Gasteiger partial charge in [-0.1, -0.05) is 0 Å². The van der Waals surface area contributed by atoms with Crippen LogP contribution in [0.25, 0.3) is 0 Å². The molecule has 2 aliphatic rings. The average Bonchev–Trinajstić information content (AvgIpc) is 2.37. The van der Waals surface area contributed by atoms with Crippen molar-refractivity contribution < 1.29 is 23.0 Å². The van der Waals surface area contributed by atoms with E-state index in [0.717, 1.165) is 12.4 Å². The molecule has 2 N–H and O–H groups in total. The Morgan fingerprint density at radius 3 is 2.25 bits per heavy atom. The van der Waals surface area contributed by atoms with E-state index in [0.29, 0.717) is 31.6 Å². The minimum absolute atomic E-state index is 0.00482. The van der Waals surface area contributed by atoms with Gasteiger partial charge in [0, 0.05) is 30.0 Å². The molecule has 0 amide bonds. The van der Waals surface area contributed by atoms with Gasteiger partial charge in [-0.2, -0.15) is 13.2 Å². The maximum atomic E-state index is 12.4. The van der Waals surface area contributed by atoms with Crippen LogP contribution in [0.3, 0.4) is 0 Å². The first-order chi connectivity index (χ1) is 9.37. The fourth-order valence-corrected chi connectivity index (χ4v) is 2.87. The summed E-state index contributed by atoms with van der Waals surface area (Å²) in [4.78, 5) is 6.63. The van der Waals surface area contributed by atoms with Gasteiger partial charge < -0.3 is 15.2 Å². The van der Waals surface area contributed by atoms with E-state index in [1.54, 1.807) is 0 Å². The van der Waals surface area contributed by atoms with Gasteiger partial charge in [0.2, 0.25) is 5.82 Å². The summed E-state index contributed by atoms with van der Waals surface area (Å²) in [6, 6.07) is -0.00964. The van der Waals surface area contributed by atoms with Gasteiger partial charge in [-0.15, -0.1) is 0 Å². The maximum Gasteiger partial charge on any atom is 0.451 e. The zero-order chi connectivity index (χ0) is 14.4. The lowest BCUT2D eigenvalue weighted by atomic mass is 9.79. The third-order valence-electron chi connectivity index (χ3n) is 3.72. The number of halogens is 3. The van der Waals surface area contributed by atoms with Crippen LogP contribution in [0.2, 0.25) is 0 Å². The van der Waals surface area contributed by atoms with Crippen LogP contribution in [0, 0.1) is 0 Å². The van der Waals surface area contributed by atoms with Crippen LogP contribution >= 0.6 is 0 Å². The summed E-state index contributed by atoms with van der Waals surface area (Å²) in [6.07, 6.45) is -1.69. The molecule has 2 saturated heterocycles. The number of fused-ring (bicyclic) bond motifs is 2. The van der Waals surface area contributed by atoms with Crippen molar-refractivity contribution in [2.75, 3.05) is 13.2 Å². The largest absolute Gasteiger partial charge is 0.451 e. The fourth-order valence-electron chi connectivity index (χ4n) is 2.87. The smallest absolute Gasteiger partial charge is 0.385 e. The second-order valence-corrected chi connectivity index (χ2v) is 5.33. The molecule has 2 aliphatic heterocycles. The summed E-state index contributed by atoms with van der Waals surface area (Å²) in [5, 5.41) is 14.0. The molecule has 3 rings (SSSR count). The van der Waals surface area contributed by atoms with E-state index in [-0.39, 0.29) is 12.1 Å². The molecule has 2 unspecified atom stereocenters. The molecular weight excluding hydrogens is 275 g/mol. The molecule has 0 radical (unpaired) electrons. The lowest BCUT2D eigenvalue weighted by Gasteiger charge is -2.44. The van der Waals surface area contributed by atoms with Gasteiger partial charge in [0.25, 0.3) is 0 Å². The summed E-state index contributed by atoms with van der Waals surface area (Å²) < 4.78 is 42.7. The number of ether oxygens (including phenoxy) is 1. The Labute approximate surface area is 113 Å². The predicted molar refractivity (Wildman–Crippen MR) is 61.7 cm³/mol. The summed E-state index contributed by atoms with van der Waals surface area (Å²) >= 11 is 0. The Balaban J connectivity index is 1.84. The van der Waals surface area contributed by atoms with Crippen LogP contribution in [0.1, 0.15) is 24.2 Å². The Kier molecular flexibility index (Phi) is 3.19. The molecule has 0 saturated carbocycles. The van der Waals surface area contributed by atoms with Gasteiger partial charge in [0.05, 0.1) is 18.8 Å². The second kappa shape index (κ2) is 4.64. The van der Waals surface area contributed by atoms with Crippen molar-refractivity contribution in [1.29, 1.82) is 0 Å². The average molecular weight is 289 g/mol. The van der Waals surface area contributed by atoms with E-state index in [2.05, 4.69) is 15.3 Å². The SMILES string of the molecule is OC1(c2cnc(C(F)(F)F)nc2)CC2COCC(C1)N2. The first-order valence-electron chi connectivity index (χ1n) is 6.33. The van der Waals surface area contributed by atoms with Gasteiger partial charge in [-0.05, 0) is 12.8 Å². The van der Waals surface area contributed by atoms with Gasteiger partial charge >= 0.3 is 6.18 Å². The number of nitrogens with one attached hydrogen (secondary N) is 1. The predicted octanol–water partition coefficient (Wildman–Crippen LogP) is 0.834. The van der Waals surface area contributed by atoms with Crippen LogP contribution < -0.4 is 5.32 Å². The van der Waals surface area contributed by atoms with E-state index >= 15 is 0 Å². The highest BCUT2D eigenvalue weighted by Crippen LogP contribution is 2.36. The van der Waals surface area contributed by atoms with Gasteiger partial charge in [0.15, 0.2) is 0 Å². The van der Waals surface area contributed by atoms with Crippen molar-refractivity contribution in [2.45, 2.75) is 36.7 Å². The monoisotopic (exact) mass is 289 g/mol. The van der Waals surface area contributed by atoms with Crippen molar-refractivity contribution in [3.63, 3.8) is 0 Å². The van der Waals surface area contributed by atoms with E-state index in [1.165, 1.54) is 0 Å². The normalized spacial score (nSPS) is 34.0. The van der Waals surface area contributed by atoms with Crippen LogP contribution in [0.5, 0.6) is 0 Å². The highest BCUT2D eigenvalue weighted by molar-refractivity contribution is 5.19. The fraction of sp³-hybridized carbons (Fsp3) is 0.667. The topological polar surface area (TPSA) is 67.3 Å². The van der Waals surface area contributed by atoms with Crippen LogP contribution in [0.15, 0.2) is 12.4 Å². The molecule has 2 atom stereocenters. The number of aliphatic hydroxyl groups is 1. The molecule has 1 aromatic heterocycles. The molecule has 2 bridgehead atoms. The van der Waals surface area contributed by atoms with Crippen molar-refractivity contribution in [3.8, 4) is 0 Å². The number of nitrogens with zero attached hydrogens (tertiary/aromatic N) is 2. The van der Waals surface area contributed by atoms with Crippen LogP contribution in [-0.2, 0) is 16.5 Å². The van der Waals surface area contributed by atoms with Crippen molar-refractivity contribution in [2.24, 2.45) is 0 Å². The molecular formula is C12H14F3N3O2. The van der Waals surface area contributed by atoms with Crippen molar-refractivity contribution in [1.82, 2.24) is 15.3 Å². The Morgan fingerprint density at radius 1 is 1.20 bits per heavy atom. The van der Waals surface area contributed by atoms with E-state index in [1.807, 2.05) is 0 Å². The highest BCUT2D eigenvalue weighted by atomic mass is 19.4. The lowest BCUT2D eigenvalue weighted by Crippen LogP contribution is -2.58. The summed E-state index contributed by atoms with van der Waals surface area (Å²) in [7, 11) is 0. The molecule has 110 valence electrons. The van der Waals surface area contributed by atoms with E-state index in [9.17, 15) is 18.3 Å². The maximum absolute atomic E-state index is 12.4. The Bertz CT molecular complexity index is 480. The quantitative estimate of drug-likeness (QED) is 0.801. The molecule has 0 aromatic carbocycles. The number of alkyl halides is 3. The third-order valence-corrected chi connectivity index (χ3v) is 3.72. The van der Waals surface area contributed by atoms with Gasteiger partial charge in [-0.3, -0.25) is 0 Å². The summed E-state index contributed by atoms with van der Waals surface area (Å²) in [5.41, 5.74) is -0.877. The molecule has 8 heteroatoms. The number of morpholine rings is 1. The molecule has 0 spiro atoms. The van der Waals surface area contributed by atoms with E-state index in [4.69, 9.17) is 4.74 Å². The van der Waals surface area contributed by atoms with Crippen LogP contribution in [-0.4, -0.2) is 40.4 Å². The number of piperidine rings is 1. The standard InChI is InChI=1S/C12H14F3N3O2/c13-12(14,15)10-16-3-7(4-17-10)11(19)1-8-5-20-6-9(2-11)18-8/h3-4,8-9,18-19H,1-2,5-6H2. The summed E-state index contributed by atoms with van der Waals surface area (Å²) in [5.74, 6) is -1.19. The third kappa shape index (κ3) is 2.50. The summed E-state index contributed by atoms with van der Waals surface area (Å²) in [6.45, 7) is 0.973. The lowest BCUT2D eigenvalue weighted by molar-refractivity contribution is -0.145. The Morgan fingerprint density at radius 2 is 1.75 bits per heavy atom. The van der Waals surface area contributed by atoms with Crippen LogP contribution in [0.4, 0.5) is 13.2 Å². The first-order valence-corrected chi connectivity index (χ1v) is 6.33. The minimum atomic E-state index is -4.57. The van der Waals surface area contributed by atoms with E-state index < -0.39 is 17.6 Å². The number of hydrogen-bond acceptors (Lipinski definition) is 5. The van der Waals surface area contributed by atoms with Crippen molar-refractivity contribution >= 4 is 0 Å². The van der Waals surface area contributed by atoms with Gasteiger partial charge in [0.1, 0.15) is 0 Å². The Hall–Kier alpha value is -1.25. The number of rotatable bonds is 1. The minimum Gasteiger partial charge on any atom is -0.385 e. The van der Waals surface area contributed by atoms with Gasteiger partial charge in [-0.25, -0.2) is 9.97 Å². The molecule has 3 heterocycles.